The average Bonchev–Trinajstić information content (AvgIpc) is 2.56. The number of hydrogen-bond acceptors (Lipinski definition) is 3. The van der Waals surface area contributed by atoms with E-state index in [9.17, 15) is 8.42 Å². The van der Waals surface area contributed by atoms with Crippen molar-refractivity contribution in [3.05, 3.63) is 35.4 Å². The zero-order valence-corrected chi connectivity index (χ0v) is 20.6. The molecule has 0 radical (unpaired) electrons. The SMILES string of the molecule is CN=C(NCCCc1ccc(C(C)C)cc1)NCCS(=O)(=O)C(C)(C)C.I. The molecule has 0 atom stereocenters. The molecule has 1 aromatic rings. The molecule has 0 amide bonds. The van der Waals surface area contributed by atoms with Gasteiger partial charge in [-0.2, -0.15) is 0 Å². The molecule has 0 saturated carbocycles. The van der Waals surface area contributed by atoms with Crippen LogP contribution in [0, 0.1) is 0 Å². The molecule has 0 aliphatic carbocycles. The van der Waals surface area contributed by atoms with E-state index in [1.165, 1.54) is 11.1 Å². The molecule has 0 aliphatic heterocycles. The van der Waals surface area contributed by atoms with Crippen LogP contribution < -0.4 is 10.6 Å². The number of sulfone groups is 1. The lowest BCUT2D eigenvalue weighted by atomic mass is 10.0. The second kappa shape index (κ2) is 11.9. The smallest absolute Gasteiger partial charge is 0.191 e. The van der Waals surface area contributed by atoms with Crippen LogP contribution in [-0.4, -0.2) is 45.0 Å². The number of guanidine groups is 1. The van der Waals surface area contributed by atoms with Crippen LogP contribution in [0.2, 0.25) is 0 Å². The van der Waals surface area contributed by atoms with Crippen LogP contribution in [-0.2, 0) is 16.3 Å². The first-order chi connectivity index (χ1) is 12.1. The number of nitrogens with zero attached hydrogens (tertiary/aromatic N) is 1. The van der Waals surface area contributed by atoms with E-state index in [0.29, 0.717) is 18.4 Å². The number of nitrogens with one attached hydrogen (secondary N) is 2. The predicted octanol–water partition coefficient (Wildman–Crippen LogP) is 3.74. The Morgan fingerprint density at radius 3 is 2.11 bits per heavy atom. The highest BCUT2D eigenvalue weighted by Crippen LogP contribution is 2.16. The van der Waals surface area contributed by atoms with Gasteiger partial charge in [-0.15, -0.1) is 24.0 Å². The fourth-order valence-corrected chi connectivity index (χ4v) is 3.38. The van der Waals surface area contributed by atoms with Crippen molar-refractivity contribution < 1.29 is 8.42 Å². The molecule has 0 aliphatic rings. The highest BCUT2D eigenvalue weighted by atomic mass is 127. The van der Waals surface area contributed by atoms with Crippen LogP contribution in [0.15, 0.2) is 29.3 Å². The fraction of sp³-hybridized carbons (Fsp3) is 0.650. The maximum Gasteiger partial charge on any atom is 0.191 e. The number of hydrogen-bond donors (Lipinski definition) is 2. The zero-order chi connectivity index (χ0) is 19.8. The third-order valence-corrected chi connectivity index (χ3v) is 7.01. The Morgan fingerprint density at radius 1 is 1.07 bits per heavy atom. The fourth-order valence-electron chi connectivity index (χ4n) is 2.40. The maximum atomic E-state index is 12.1. The molecule has 2 N–H and O–H groups in total. The summed E-state index contributed by atoms with van der Waals surface area (Å²) in [5, 5.41) is 6.31. The lowest BCUT2D eigenvalue weighted by Gasteiger charge is -2.19. The van der Waals surface area contributed by atoms with Gasteiger partial charge in [-0.1, -0.05) is 38.1 Å². The predicted molar refractivity (Wildman–Crippen MR) is 127 cm³/mol. The molecule has 0 heterocycles. The highest BCUT2D eigenvalue weighted by molar-refractivity contribution is 14.0. The lowest BCUT2D eigenvalue weighted by molar-refractivity contribution is 0.559. The molecule has 27 heavy (non-hydrogen) atoms. The first-order valence-corrected chi connectivity index (χ1v) is 11.0. The van der Waals surface area contributed by atoms with E-state index in [2.05, 4.69) is 53.7 Å². The summed E-state index contributed by atoms with van der Waals surface area (Å²) >= 11 is 0. The largest absolute Gasteiger partial charge is 0.356 e. The van der Waals surface area contributed by atoms with Crippen LogP contribution in [0.25, 0.3) is 0 Å². The van der Waals surface area contributed by atoms with Crippen LogP contribution in [0.5, 0.6) is 0 Å². The minimum atomic E-state index is -3.12. The number of halogens is 1. The van der Waals surface area contributed by atoms with E-state index in [1.54, 1.807) is 27.8 Å². The van der Waals surface area contributed by atoms with E-state index in [-0.39, 0.29) is 29.7 Å². The van der Waals surface area contributed by atoms with Crippen molar-refractivity contribution in [3.8, 4) is 0 Å². The minimum absolute atomic E-state index is 0. The number of benzene rings is 1. The Balaban J connectivity index is 0.00000676. The van der Waals surface area contributed by atoms with E-state index < -0.39 is 14.6 Å². The summed E-state index contributed by atoms with van der Waals surface area (Å²) in [5.41, 5.74) is 2.69. The summed E-state index contributed by atoms with van der Waals surface area (Å²) in [4.78, 5) is 4.14. The summed E-state index contributed by atoms with van der Waals surface area (Å²) in [5.74, 6) is 1.30. The molecular weight excluding hydrogens is 473 g/mol. The van der Waals surface area contributed by atoms with E-state index in [4.69, 9.17) is 0 Å². The molecule has 1 aromatic carbocycles. The van der Waals surface area contributed by atoms with Crippen LogP contribution in [0.3, 0.4) is 0 Å². The van der Waals surface area contributed by atoms with Crippen molar-refractivity contribution >= 4 is 39.8 Å². The average molecular weight is 509 g/mol. The number of aliphatic imine (C=N–C) groups is 1. The number of aryl methyl sites for hydroxylation is 1. The minimum Gasteiger partial charge on any atom is -0.356 e. The third-order valence-electron chi connectivity index (χ3n) is 4.40. The molecule has 0 unspecified atom stereocenters. The molecule has 0 spiro atoms. The third kappa shape index (κ3) is 9.27. The molecular formula is C20H36IN3O2S. The molecule has 1 rings (SSSR count). The Kier molecular flexibility index (Phi) is 11.5. The Bertz CT molecular complexity index is 678. The second-order valence-corrected chi connectivity index (χ2v) is 10.7. The Morgan fingerprint density at radius 2 is 1.63 bits per heavy atom. The van der Waals surface area contributed by atoms with Gasteiger partial charge in [0.05, 0.1) is 10.5 Å². The monoisotopic (exact) mass is 509 g/mol. The van der Waals surface area contributed by atoms with Crippen molar-refractivity contribution in [2.45, 2.75) is 58.1 Å². The topological polar surface area (TPSA) is 70.6 Å². The highest BCUT2D eigenvalue weighted by Gasteiger charge is 2.28. The summed E-state index contributed by atoms with van der Waals surface area (Å²) < 4.78 is 23.5. The van der Waals surface area contributed by atoms with Crippen LogP contribution in [0.1, 0.15) is 58.1 Å². The van der Waals surface area contributed by atoms with E-state index in [0.717, 1.165) is 19.4 Å². The maximum absolute atomic E-state index is 12.1. The van der Waals surface area contributed by atoms with Gasteiger partial charge in [-0.25, -0.2) is 8.42 Å². The Hall–Kier alpha value is -0.830. The zero-order valence-electron chi connectivity index (χ0n) is 17.5. The van der Waals surface area contributed by atoms with Gasteiger partial charge in [0.1, 0.15) is 0 Å². The van der Waals surface area contributed by atoms with Gasteiger partial charge in [-0.3, -0.25) is 4.99 Å². The van der Waals surface area contributed by atoms with Crippen molar-refractivity contribution in [1.82, 2.24) is 10.6 Å². The van der Waals surface area contributed by atoms with Gasteiger partial charge in [0.25, 0.3) is 0 Å². The molecule has 0 fully saturated rings. The quantitative estimate of drug-likeness (QED) is 0.243. The second-order valence-electron chi connectivity index (χ2n) is 7.86. The molecule has 156 valence electrons. The molecule has 7 heteroatoms. The van der Waals surface area contributed by atoms with Gasteiger partial charge in [-0.05, 0) is 50.7 Å². The van der Waals surface area contributed by atoms with Crippen LogP contribution >= 0.6 is 24.0 Å². The standard InChI is InChI=1S/C20H35N3O2S.HI/c1-16(2)18-11-9-17(10-12-18)8-7-13-22-19(21-6)23-14-15-26(24,25)20(3,4)5;/h9-12,16H,7-8,13-15H2,1-6H3,(H2,21,22,23);1H. The van der Waals surface area contributed by atoms with Gasteiger partial charge in [0, 0.05) is 20.1 Å². The summed E-state index contributed by atoms with van der Waals surface area (Å²) in [6.07, 6.45) is 1.99. The first kappa shape index (κ1) is 26.2. The molecule has 0 bridgehead atoms. The summed E-state index contributed by atoms with van der Waals surface area (Å²) in [6, 6.07) is 8.78. The van der Waals surface area contributed by atoms with Crippen molar-refractivity contribution in [2.75, 3.05) is 25.9 Å². The normalized spacial score (nSPS) is 12.6. The summed E-state index contributed by atoms with van der Waals surface area (Å²) in [6.45, 7) is 10.7. The van der Waals surface area contributed by atoms with E-state index >= 15 is 0 Å². The van der Waals surface area contributed by atoms with Gasteiger partial charge < -0.3 is 10.6 Å². The Labute approximate surface area is 182 Å². The first-order valence-electron chi connectivity index (χ1n) is 9.32. The van der Waals surface area contributed by atoms with Crippen LogP contribution in [0.4, 0.5) is 0 Å². The number of rotatable bonds is 8. The molecule has 0 saturated heterocycles. The van der Waals surface area contributed by atoms with Crippen molar-refractivity contribution in [3.63, 3.8) is 0 Å². The van der Waals surface area contributed by atoms with Crippen molar-refractivity contribution in [2.24, 2.45) is 4.99 Å². The van der Waals surface area contributed by atoms with Gasteiger partial charge >= 0.3 is 0 Å². The van der Waals surface area contributed by atoms with E-state index in [1.807, 2.05) is 0 Å². The lowest BCUT2D eigenvalue weighted by Crippen LogP contribution is -2.42. The van der Waals surface area contributed by atoms with Crippen molar-refractivity contribution in [1.29, 1.82) is 0 Å². The van der Waals surface area contributed by atoms with Gasteiger partial charge in [0.2, 0.25) is 0 Å². The summed E-state index contributed by atoms with van der Waals surface area (Å²) in [7, 11) is -1.43. The molecule has 5 nitrogen and oxygen atoms in total. The molecule has 0 aromatic heterocycles. The van der Waals surface area contributed by atoms with Gasteiger partial charge in [0.15, 0.2) is 15.8 Å².